The molecule has 0 aliphatic rings. The third-order valence-electron chi connectivity index (χ3n) is 2.50. The molecule has 0 bridgehead atoms. The number of hydrogen-bond donors (Lipinski definition) is 2. The van der Waals surface area contributed by atoms with Crippen LogP contribution in [0, 0.1) is 0 Å². The van der Waals surface area contributed by atoms with Crippen LogP contribution in [0.5, 0.6) is 0 Å². The van der Waals surface area contributed by atoms with E-state index in [1.165, 1.54) is 6.20 Å². The normalized spacial score (nSPS) is 11.4. The number of unbranched alkanes of at least 4 members (excludes halogenated alkanes) is 1. The fourth-order valence-corrected chi connectivity index (χ4v) is 2.50. The summed E-state index contributed by atoms with van der Waals surface area (Å²) in [4.78, 5) is 26.9. The van der Waals surface area contributed by atoms with Crippen LogP contribution in [0.15, 0.2) is 20.4 Å². The Morgan fingerprint density at radius 1 is 1.56 bits per heavy atom. The molecule has 1 aromatic heterocycles. The zero-order valence-corrected chi connectivity index (χ0v) is 13.1. The number of halogens is 2. The van der Waals surface area contributed by atoms with Crippen molar-refractivity contribution in [2.24, 2.45) is 0 Å². The van der Waals surface area contributed by atoms with Crippen LogP contribution in [0.25, 0.3) is 5.57 Å². The van der Waals surface area contributed by atoms with E-state index >= 15 is 0 Å². The number of hydrogen-bond acceptors (Lipinski definition) is 2. The van der Waals surface area contributed by atoms with Crippen LogP contribution >= 0.6 is 31.9 Å². The summed E-state index contributed by atoms with van der Waals surface area (Å²) in [7, 11) is 0. The molecule has 4 nitrogen and oxygen atoms in total. The molecule has 2 N–H and O–H groups in total. The second-order valence-electron chi connectivity index (χ2n) is 3.72. The number of H-pyrrole nitrogens is 1. The Hall–Kier alpha value is -0.880. The third kappa shape index (κ3) is 3.55. The molecule has 1 heterocycles. The second kappa shape index (κ2) is 7.53. The van der Waals surface area contributed by atoms with Gasteiger partial charge in [-0.2, -0.15) is 0 Å². The highest BCUT2D eigenvalue weighted by Gasteiger charge is 2.14. The summed E-state index contributed by atoms with van der Waals surface area (Å²) in [5.41, 5.74) is 1.63. The van der Waals surface area contributed by atoms with Gasteiger partial charge in [0.2, 0.25) is 6.41 Å². The van der Waals surface area contributed by atoms with E-state index in [4.69, 9.17) is 0 Å². The molecule has 0 radical (unpaired) electrons. The van der Waals surface area contributed by atoms with Crippen molar-refractivity contribution < 1.29 is 4.79 Å². The molecule has 1 aromatic rings. The number of carbonyl (C=O) groups is 1. The van der Waals surface area contributed by atoms with Crippen LogP contribution in [0.2, 0.25) is 0 Å². The van der Waals surface area contributed by atoms with Crippen molar-refractivity contribution in [1.29, 1.82) is 0 Å². The minimum atomic E-state index is -0.218. The van der Waals surface area contributed by atoms with Crippen LogP contribution in [-0.4, -0.2) is 11.4 Å². The molecule has 1 amide bonds. The first-order chi connectivity index (χ1) is 8.65. The van der Waals surface area contributed by atoms with Gasteiger partial charge in [-0.15, -0.1) is 0 Å². The summed E-state index contributed by atoms with van der Waals surface area (Å²) < 4.78 is 0.646. The lowest BCUT2D eigenvalue weighted by Crippen LogP contribution is -2.15. The van der Waals surface area contributed by atoms with Gasteiger partial charge in [-0.05, 0) is 39.3 Å². The van der Waals surface area contributed by atoms with E-state index in [1.807, 2.05) is 0 Å². The molecule has 1 rings (SSSR count). The Balaban J connectivity index is 3.31. The predicted octanol–water partition coefficient (Wildman–Crippen LogP) is 3.63. The van der Waals surface area contributed by atoms with Crippen LogP contribution in [0.4, 0.5) is 5.69 Å². The van der Waals surface area contributed by atoms with Crippen molar-refractivity contribution in [2.45, 2.75) is 26.2 Å². The van der Waals surface area contributed by atoms with E-state index in [2.05, 4.69) is 49.1 Å². The minimum absolute atomic E-state index is 0.218. The Morgan fingerprint density at radius 2 is 2.28 bits per heavy atom. The Labute approximate surface area is 122 Å². The molecule has 0 atom stereocenters. The van der Waals surface area contributed by atoms with Gasteiger partial charge in [-0.1, -0.05) is 29.3 Å². The molecule has 0 unspecified atom stereocenters. The predicted molar refractivity (Wildman–Crippen MR) is 80.9 cm³/mol. The first-order valence-electron chi connectivity index (χ1n) is 5.56. The fourth-order valence-electron chi connectivity index (χ4n) is 1.61. The fraction of sp³-hybridized carbons (Fsp3) is 0.333. The van der Waals surface area contributed by atoms with Crippen LogP contribution in [0.1, 0.15) is 31.7 Å². The summed E-state index contributed by atoms with van der Waals surface area (Å²) in [5.74, 6) is 0. The molecule has 18 heavy (non-hydrogen) atoms. The minimum Gasteiger partial charge on any atom is -0.327 e. The monoisotopic (exact) mass is 376 g/mol. The molecule has 0 spiro atoms. The van der Waals surface area contributed by atoms with Crippen LogP contribution in [0.3, 0.4) is 0 Å². The van der Waals surface area contributed by atoms with Crippen LogP contribution < -0.4 is 10.9 Å². The lowest BCUT2D eigenvalue weighted by atomic mass is 10.0. The van der Waals surface area contributed by atoms with E-state index in [0.717, 1.165) is 24.8 Å². The first kappa shape index (κ1) is 15.2. The lowest BCUT2D eigenvalue weighted by molar-refractivity contribution is -0.105. The number of anilines is 1. The zero-order valence-electron chi connectivity index (χ0n) is 9.93. The van der Waals surface area contributed by atoms with Crippen molar-refractivity contribution in [2.75, 3.05) is 5.32 Å². The number of rotatable bonds is 6. The van der Waals surface area contributed by atoms with Crippen molar-refractivity contribution >= 4 is 49.5 Å². The molecular formula is C12H14Br2N2O2. The van der Waals surface area contributed by atoms with Gasteiger partial charge < -0.3 is 10.3 Å². The largest absolute Gasteiger partial charge is 0.327 e. The maximum Gasteiger partial charge on any atom is 0.257 e. The number of allylic oxidation sites excluding steroid dienone is 1. The quantitative estimate of drug-likeness (QED) is 0.743. The van der Waals surface area contributed by atoms with Gasteiger partial charge in [0.05, 0.1) is 15.7 Å². The molecule has 0 aromatic carbocycles. The van der Waals surface area contributed by atoms with Gasteiger partial charge in [0.1, 0.15) is 0 Å². The second-order valence-corrected chi connectivity index (χ2v) is 5.03. The molecule has 0 aliphatic heterocycles. The molecule has 0 saturated heterocycles. The van der Waals surface area contributed by atoms with E-state index < -0.39 is 0 Å². The maximum absolute atomic E-state index is 11.9. The van der Waals surface area contributed by atoms with Crippen molar-refractivity contribution in [3.63, 3.8) is 0 Å². The summed E-state index contributed by atoms with van der Waals surface area (Å²) in [6.07, 6.45) is 4.86. The highest BCUT2D eigenvalue weighted by Crippen LogP contribution is 2.30. The van der Waals surface area contributed by atoms with Gasteiger partial charge in [-0.25, -0.2) is 0 Å². The Kier molecular flexibility index (Phi) is 6.35. The maximum atomic E-state index is 11.9. The topological polar surface area (TPSA) is 62.0 Å². The molecule has 0 fully saturated rings. The molecule has 0 aliphatic carbocycles. The summed E-state index contributed by atoms with van der Waals surface area (Å²) in [6, 6.07) is 0. The van der Waals surface area contributed by atoms with Gasteiger partial charge in [0.25, 0.3) is 5.56 Å². The average Bonchev–Trinajstić information content (AvgIpc) is 2.37. The number of amides is 1. The van der Waals surface area contributed by atoms with Crippen molar-refractivity contribution in [3.05, 3.63) is 31.6 Å². The number of nitrogens with one attached hydrogen (secondary N) is 2. The van der Waals surface area contributed by atoms with E-state index in [-0.39, 0.29) is 5.56 Å². The smallest absolute Gasteiger partial charge is 0.257 e. The first-order valence-corrected chi connectivity index (χ1v) is 7.27. The number of aromatic amines is 1. The van der Waals surface area contributed by atoms with Crippen molar-refractivity contribution in [3.8, 4) is 0 Å². The molecule has 6 heteroatoms. The van der Waals surface area contributed by atoms with E-state index in [9.17, 15) is 9.59 Å². The standard InChI is InChI=1S/C12H14Br2N2O2/c1-2-3-4-8(5-13)10-11(16-7-17)9(14)6-15-12(10)18/h5-7H,2-4H2,1H3,(H2,15,16,17,18)/b8-5+. The van der Waals surface area contributed by atoms with Gasteiger partial charge in [0, 0.05) is 6.20 Å². The summed E-state index contributed by atoms with van der Waals surface area (Å²) in [6.45, 7) is 2.08. The number of pyridine rings is 1. The highest BCUT2D eigenvalue weighted by molar-refractivity contribution is 9.11. The Bertz CT molecular complexity index is 509. The number of aromatic nitrogens is 1. The zero-order chi connectivity index (χ0) is 13.5. The summed E-state index contributed by atoms with van der Waals surface area (Å²) in [5, 5.41) is 2.57. The average molecular weight is 378 g/mol. The summed E-state index contributed by atoms with van der Waals surface area (Å²) >= 11 is 6.59. The van der Waals surface area contributed by atoms with Gasteiger partial charge in [0.15, 0.2) is 0 Å². The lowest BCUT2D eigenvalue weighted by Gasteiger charge is -2.12. The van der Waals surface area contributed by atoms with Crippen LogP contribution in [-0.2, 0) is 4.79 Å². The molecule has 98 valence electrons. The SMILES string of the molecule is CCCC/C(=C\Br)c1c(NC=O)c(Br)c[nH]c1=O. The Morgan fingerprint density at radius 3 is 2.83 bits per heavy atom. The molecule has 0 saturated carbocycles. The van der Waals surface area contributed by atoms with Crippen molar-refractivity contribution in [1.82, 2.24) is 4.98 Å². The highest BCUT2D eigenvalue weighted by atomic mass is 79.9. The van der Waals surface area contributed by atoms with Gasteiger partial charge in [-0.3, -0.25) is 9.59 Å². The third-order valence-corrected chi connectivity index (χ3v) is 3.68. The van der Waals surface area contributed by atoms with E-state index in [1.54, 1.807) is 4.99 Å². The number of carbonyl (C=O) groups excluding carboxylic acids is 1. The van der Waals surface area contributed by atoms with E-state index in [0.29, 0.717) is 22.1 Å². The molecular weight excluding hydrogens is 364 g/mol. The van der Waals surface area contributed by atoms with Gasteiger partial charge >= 0.3 is 0 Å².